The van der Waals surface area contributed by atoms with E-state index in [2.05, 4.69) is 20.4 Å². The molecule has 0 atom stereocenters. The maximum atomic E-state index is 5.66. The van der Waals surface area contributed by atoms with E-state index in [1.165, 1.54) is 0 Å². The van der Waals surface area contributed by atoms with Crippen molar-refractivity contribution in [1.29, 1.82) is 0 Å². The lowest BCUT2D eigenvalue weighted by molar-refractivity contribution is 0.959. The van der Waals surface area contributed by atoms with Gasteiger partial charge in [-0.05, 0) is 6.07 Å². The first-order valence-electron chi connectivity index (χ1n) is 2.69. The van der Waals surface area contributed by atoms with Crippen molar-refractivity contribution in [2.75, 3.05) is 0 Å². The van der Waals surface area contributed by atoms with Crippen LogP contribution in [0.25, 0.3) is 11.0 Å². The smallest absolute Gasteiger partial charge is 0.158 e. The molecule has 0 amide bonds. The van der Waals surface area contributed by atoms with Crippen LogP contribution in [0.1, 0.15) is 0 Å². The van der Waals surface area contributed by atoms with Crippen molar-refractivity contribution in [3.05, 3.63) is 17.4 Å². The topological polar surface area (TPSA) is 54.5 Å². The molecule has 2 heterocycles. The molecular weight excluding hydrogens is 152 g/mol. The van der Waals surface area contributed by atoms with Gasteiger partial charge in [0.15, 0.2) is 5.15 Å². The fourth-order valence-corrected chi connectivity index (χ4v) is 0.939. The second-order valence-corrected chi connectivity index (χ2v) is 2.17. The van der Waals surface area contributed by atoms with Crippen molar-refractivity contribution in [1.82, 2.24) is 20.4 Å². The van der Waals surface area contributed by atoms with E-state index in [9.17, 15) is 0 Å². The van der Waals surface area contributed by atoms with Gasteiger partial charge in [0.05, 0.1) is 5.52 Å². The highest BCUT2D eigenvalue weighted by molar-refractivity contribution is 6.33. The lowest BCUT2D eigenvalue weighted by Gasteiger charge is -1.85. The van der Waals surface area contributed by atoms with Crippen LogP contribution in [0.3, 0.4) is 0 Å². The SMILES string of the molecule is Clc1nccc2[nH]nnc12. The summed E-state index contributed by atoms with van der Waals surface area (Å²) >= 11 is 5.66. The third-order valence-electron chi connectivity index (χ3n) is 1.20. The third-order valence-corrected chi connectivity index (χ3v) is 1.48. The van der Waals surface area contributed by atoms with E-state index in [-0.39, 0.29) is 0 Å². The summed E-state index contributed by atoms with van der Waals surface area (Å²) in [5.74, 6) is 0. The van der Waals surface area contributed by atoms with Crippen molar-refractivity contribution in [3.63, 3.8) is 0 Å². The van der Waals surface area contributed by atoms with E-state index >= 15 is 0 Å². The van der Waals surface area contributed by atoms with Crippen LogP contribution in [0.15, 0.2) is 12.3 Å². The normalized spacial score (nSPS) is 10.5. The van der Waals surface area contributed by atoms with Gasteiger partial charge in [0.2, 0.25) is 0 Å². The molecule has 0 bridgehead atoms. The third kappa shape index (κ3) is 0.657. The average Bonchev–Trinajstić information content (AvgIpc) is 2.36. The zero-order chi connectivity index (χ0) is 6.97. The Hall–Kier alpha value is -1.16. The Labute approximate surface area is 61.2 Å². The van der Waals surface area contributed by atoms with Gasteiger partial charge in [0.1, 0.15) is 5.52 Å². The predicted molar refractivity (Wildman–Crippen MR) is 36.7 cm³/mol. The molecule has 4 nitrogen and oxygen atoms in total. The van der Waals surface area contributed by atoms with Gasteiger partial charge in [0.25, 0.3) is 0 Å². The Bertz CT molecular complexity index is 355. The molecule has 0 aliphatic heterocycles. The van der Waals surface area contributed by atoms with Gasteiger partial charge in [-0.25, -0.2) is 4.98 Å². The number of nitrogens with zero attached hydrogens (tertiary/aromatic N) is 3. The van der Waals surface area contributed by atoms with Crippen LogP contribution in [0, 0.1) is 0 Å². The molecule has 0 saturated heterocycles. The Morgan fingerprint density at radius 2 is 2.40 bits per heavy atom. The number of fused-ring (bicyclic) bond motifs is 1. The van der Waals surface area contributed by atoms with E-state index in [4.69, 9.17) is 11.6 Å². The molecule has 2 aromatic heterocycles. The molecule has 0 aliphatic carbocycles. The number of halogens is 1. The van der Waals surface area contributed by atoms with Gasteiger partial charge in [0, 0.05) is 6.20 Å². The summed E-state index contributed by atoms with van der Waals surface area (Å²) in [6, 6.07) is 1.77. The largest absolute Gasteiger partial charge is 0.257 e. The van der Waals surface area contributed by atoms with Crippen LogP contribution >= 0.6 is 11.6 Å². The number of aromatic nitrogens is 4. The first kappa shape index (κ1) is 5.61. The fraction of sp³-hybridized carbons (Fsp3) is 0. The van der Waals surface area contributed by atoms with Crippen molar-refractivity contribution >= 4 is 22.6 Å². The van der Waals surface area contributed by atoms with Gasteiger partial charge in [-0.1, -0.05) is 16.8 Å². The molecule has 0 fully saturated rings. The maximum Gasteiger partial charge on any atom is 0.158 e. The van der Waals surface area contributed by atoms with Crippen LogP contribution in [0.2, 0.25) is 5.15 Å². The molecule has 0 unspecified atom stereocenters. The summed E-state index contributed by atoms with van der Waals surface area (Å²) in [6.07, 6.45) is 1.60. The first-order valence-corrected chi connectivity index (χ1v) is 3.07. The summed E-state index contributed by atoms with van der Waals surface area (Å²) in [6.45, 7) is 0. The molecule has 5 heteroatoms. The number of rotatable bonds is 0. The highest BCUT2D eigenvalue weighted by atomic mass is 35.5. The number of pyridine rings is 1. The van der Waals surface area contributed by atoms with E-state index in [1.54, 1.807) is 12.3 Å². The number of hydrogen-bond acceptors (Lipinski definition) is 3. The Morgan fingerprint density at radius 3 is 3.20 bits per heavy atom. The van der Waals surface area contributed by atoms with Crippen LogP contribution in [-0.2, 0) is 0 Å². The van der Waals surface area contributed by atoms with Gasteiger partial charge in [-0.2, -0.15) is 0 Å². The highest BCUT2D eigenvalue weighted by Gasteiger charge is 2.00. The molecule has 0 radical (unpaired) electrons. The van der Waals surface area contributed by atoms with Crippen LogP contribution < -0.4 is 0 Å². The van der Waals surface area contributed by atoms with Gasteiger partial charge < -0.3 is 0 Å². The molecule has 0 spiro atoms. The molecule has 0 saturated carbocycles. The number of H-pyrrole nitrogens is 1. The average molecular weight is 155 g/mol. The molecule has 50 valence electrons. The Balaban J connectivity index is 2.95. The van der Waals surface area contributed by atoms with Crippen molar-refractivity contribution in [2.24, 2.45) is 0 Å². The van der Waals surface area contributed by atoms with Crippen LogP contribution in [-0.4, -0.2) is 20.4 Å². The lowest BCUT2D eigenvalue weighted by Crippen LogP contribution is -1.75. The van der Waals surface area contributed by atoms with E-state index < -0.39 is 0 Å². The highest BCUT2D eigenvalue weighted by Crippen LogP contribution is 2.14. The minimum atomic E-state index is 0.381. The maximum absolute atomic E-state index is 5.66. The summed E-state index contributed by atoms with van der Waals surface area (Å²) in [5, 5.41) is 10.3. The molecule has 2 rings (SSSR count). The molecule has 2 aromatic rings. The predicted octanol–water partition coefficient (Wildman–Crippen LogP) is 1.01. The quantitative estimate of drug-likeness (QED) is 0.576. The summed E-state index contributed by atoms with van der Waals surface area (Å²) in [7, 11) is 0. The first-order chi connectivity index (χ1) is 4.88. The van der Waals surface area contributed by atoms with Crippen molar-refractivity contribution < 1.29 is 0 Å². The molecular formula is C5H3ClN4. The standard InChI is InChI=1S/C5H3ClN4/c6-5-4-3(1-2-7-5)8-10-9-4/h1-2H,(H,8,9,10). The van der Waals surface area contributed by atoms with E-state index in [0.717, 1.165) is 5.52 Å². The number of hydrogen-bond donors (Lipinski definition) is 1. The van der Waals surface area contributed by atoms with Crippen LogP contribution in [0.5, 0.6) is 0 Å². The van der Waals surface area contributed by atoms with Crippen LogP contribution in [0.4, 0.5) is 0 Å². The monoisotopic (exact) mass is 154 g/mol. The summed E-state index contributed by atoms with van der Waals surface area (Å²) in [5.41, 5.74) is 1.42. The van der Waals surface area contributed by atoms with Gasteiger partial charge in [-0.3, -0.25) is 5.10 Å². The second kappa shape index (κ2) is 1.91. The van der Waals surface area contributed by atoms with Crippen molar-refractivity contribution in [3.8, 4) is 0 Å². The minimum Gasteiger partial charge on any atom is -0.257 e. The van der Waals surface area contributed by atoms with Crippen molar-refractivity contribution in [2.45, 2.75) is 0 Å². The van der Waals surface area contributed by atoms with Gasteiger partial charge >= 0.3 is 0 Å². The zero-order valence-corrected chi connectivity index (χ0v) is 5.63. The molecule has 1 N–H and O–H groups in total. The minimum absolute atomic E-state index is 0.381. The van der Waals surface area contributed by atoms with E-state index in [1.807, 2.05) is 0 Å². The molecule has 10 heavy (non-hydrogen) atoms. The fourth-order valence-electron chi connectivity index (χ4n) is 0.743. The zero-order valence-electron chi connectivity index (χ0n) is 4.87. The number of nitrogens with one attached hydrogen (secondary N) is 1. The van der Waals surface area contributed by atoms with E-state index in [0.29, 0.717) is 10.7 Å². The van der Waals surface area contributed by atoms with Gasteiger partial charge in [-0.15, -0.1) is 5.10 Å². The second-order valence-electron chi connectivity index (χ2n) is 1.81. The summed E-state index contributed by atoms with van der Waals surface area (Å²) in [4.78, 5) is 3.82. The molecule has 0 aliphatic rings. The summed E-state index contributed by atoms with van der Waals surface area (Å²) < 4.78 is 0. The Kier molecular flexibility index (Phi) is 1.07. The Morgan fingerprint density at radius 1 is 1.50 bits per heavy atom. The lowest BCUT2D eigenvalue weighted by atomic mass is 10.4. The number of aromatic amines is 1. The molecule has 0 aromatic carbocycles.